The molecule has 1 fully saturated rings. The van der Waals surface area contributed by atoms with Gasteiger partial charge in [-0.25, -0.2) is 0 Å². The lowest BCUT2D eigenvalue weighted by atomic mass is 9.57. The molecule has 1 saturated carbocycles. The smallest absolute Gasteiger partial charge is 0.188 e. The molecule has 172 valence electrons. The zero-order valence-electron chi connectivity index (χ0n) is 19.7. The summed E-state index contributed by atoms with van der Waals surface area (Å²) in [5, 5.41) is 10.7. The number of fused-ring (bicyclic) bond motifs is 2. The molecule has 0 aromatic heterocycles. The molecule has 3 atom stereocenters. The zero-order chi connectivity index (χ0) is 22.9. The van der Waals surface area contributed by atoms with Crippen molar-refractivity contribution in [2.75, 3.05) is 21.0 Å². The third-order valence-corrected chi connectivity index (χ3v) is 7.21. The molecule has 0 amide bonds. The molecule has 0 radical (unpaired) electrons. The normalized spacial score (nSPS) is 26.2. The van der Waals surface area contributed by atoms with E-state index in [1.807, 2.05) is 30.3 Å². The number of aliphatic hydroxyl groups excluding tert-OH is 1. The largest absolute Gasteiger partial charge is 0.493 e. The zero-order valence-corrected chi connectivity index (χ0v) is 19.7. The molecule has 5 heteroatoms. The number of hydrogen-bond donors (Lipinski definition) is 1. The molecule has 32 heavy (non-hydrogen) atoms. The van der Waals surface area contributed by atoms with Gasteiger partial charge in [0.25, 0.3) is 0 Å². The minimum absolute atomic E-state index is 0.216. The Morgan fingerprint density at radius 1 is 1.09 bits per heavy atom. The topological polar surface area (TPSA) is 57.2 Å². The number of benzene rings is 2. The summed E-state index contributed by atoms with van der Waals surface area (Å²) in [6.45, 7) is 6.72. The number of ether oxygens (including phenoxy) is 4. The van der Waals surface area contributed by atoms with Crippen LogP contribution in [-0.4, -0.2) is 37.8 Å². The first-order valence-corrected chi connectivity index (χ1v) is 11.2. The second kappa shape index (κ2) is 8.80. The second-order valence-corrected chi connectivity index (χ2v) is 9.72. The molecule has 2 aromatic carbocycles. The maximum Gasteiger partial charge on any atom is 0.188 e. The fraction of sp³-hybridized carbons (Fsp3) is 0.481. The second-order valence-electron chi connectivity index (χ2n) is 9.72. The van der Waals surface area contributed by atoms with Crippen LogP contribution in [0.4, 0.5) is 0 Å². The Balaban J connectivity index is 1.64. The van der Waals surface area contributed by atoms with Crippen LogP contribution in [0.5, 0.6) is 17.2 Å². The van der Waals surface area contributed by atoms with Gasteiger partial charge in [0, 0.05) is 13.0 Å². The highest BCUT2D eigenvalue weighted by molar-refractivity contribution is 5.72. The third kappa shape index (κ3) is 4.24. The van der Waals surface area contributed by atoms with Crippen molar-refractivity contribution >= 4 is 12.2 Å². The lowest BCUT2D eigenvalue weighted by Crippen LogP contribution is -2.58. The Bertz CT molecular complexity index is 996. The van der Waals surface area contributed by atoms with Gasteiger partial charge in [-0.2, -0.15) is 0 Å². The Labute approximate surface area is 191 Å². The Hall–Kier alpha value is -2.50. The van der Waals surface area contributed by atoms with Gasteiger partial charge in [-0.15, -0.1) is 0 Å². The monoisotopic (exact) mass is 438 g/mol. The highest BCUT2D eigenvalue weighted by Gasteiger charge is 2.54. The van der Waals surface area contributed by atoms with Gasteiger partial charge in [-0.05, 0) is 72.6 Å². The Morgan fingerprint density at radius 2 is 1.88 bits per heavy atom. The van der Waals surface area contributed by atoms with Gasteiger partial charge in [0.15, 0.2) is 18.3 Å². The molecule has 1 N–H and O–H groups in total. The minimum Gasteiger partial charge on any atom is -0.493 e. The van der Waals surface area contributed by atoms with Gasteiger partial charge >= 0.3 is 0 Å². The quantitative estimate of drug-likeness (QED) is 0.487. The fourth-order valence-electron chi connectivity index (χ4n) is 5.27. The van der Waals surface area contributed by atoms with Crippen LogP contribution in [0.2, 0.25) is 0 Å². The van der Waals surface area contributed by atoms with Crippen LogP contribution in [-0.2, 0) is 11.2 Å². The number of aliphatic hydroxyl groups is 1. The van der Waals surface area contributed by atoms with Crippen LogP contribution in [0, 0.1) is 11.3 Å². The fourth-order valence-corrected chi connectivity index (χ4v) is 5.27. The molecule has 1 aliphatic heterocycles. The Morgan fingerprint density at radius 3 is 2.62 bits per heavy atom. The molecule has 0 saturated heterocycles. The van der Waals surface area contributed by atoms with Crippen molar-refractivity contribution in [2.24, 2.45) is 11.3 Å². The molecule has 2 aromatic rings. The molecule has 2 aliphatic rings. The van der Waals surface area contributed by atoms with Crippen LogP contribution in [0.1, 0.15) is 50.3 Å². The summed E-state index contributed by atoms with van der Waals surface area (Å²) >= 11 is 0. The molecular formula is C27H34O5. The van der Waals surface area contributed by atoms with Crippen LogP contribution in [0.3, 0.4) is 0 Å². The maximum atomic E-state index is 10.7. The number of methoxy groups -OCH3 is 2. The highest BCUT2D eigenvalue weighted by Crippen LogP contribution is 2.54. The van der Waals surface area contributed by atoms with Crippen molar-refractivity contribution in [2.45, 2.75) is 51.7 Å². The van der Waals surface area contributed by atoms with Gasteiger partial charge in [-0.1, -0.05) is 38.1 Å². The van der Waals surface area contributed by atoms with E-state index in [9.17, 15) is 5.11 Å². The molecule has 5 nitrogen and oxygen atoms in total. The first-order valence-electron chi connectivity index (χ1n) is 11.2. The predicted molar refractivity (Wildman–Crippen MR) is 126 cm³/mol. The first-order chi connectivity index (χ1) is 15.3. The van der Waals surface area contributed by atoms with Crippen molar-refractivity contribution < 1.29 is 24.1 Å². The van der Waals surface area contributed by atoms with Crippen molar-refractivity contribution in [1.82, 2.24) is 0 Å². The average Bonchev–Trinajstić information content (AvgIpc) is 2.78. The lowest BCUT2D eigenvalue weighted by Gasteiger charge is -2.55. The van der Waals surface area contributed by atoms with E-state index in [2.05, 4.69) is 39.0 Å². The van der Waals surface area contributed by atoms with Crippen LogP contribution in [0.15, 0.2) is 36.4 Å². The molecular weight excluding hydrogens is 404 g/mol. The standard InChI is InChI=1S/C27H34O5/c1-26(2)23-16-20-13-19(10-9-18-7-6-8-21(14-18)31-17-29-4)15-22(30-5)25(20)32-27(23,3)12-11-24(26)28/h6-10,13-15,23-24,28H,11-12,16-17H2,1-5H3/t23-,24-,27-/m1/s1. The summed E-state index contributed by atoms with van der Waals surface area (Å²) in [5.41, 5.74) is 2.70. The molecule has 0 unspecified atom stereocenters. The predicted octanol–water partition coefficient (Wildman–Crippen LogP) is 5.34. The molecule has 1 heterocycles. The van der Waals surface area contributed by atoms with Crippen LogP contribution < -0.4 is 14.2 Å². The maximum absolute atomic E-state index is 10.7. The summed E-state index contributed by atoms with van der Waals surface area (Å²) in [5.74, 6) is 2.58. The van der Waals surface area contributed by atoms with E-state index < -0.39 is 0 Å². The number of hydrogen-bond acceptors (Lipinski definition) is 5. The first kappa shape index (κ1) is 22.7. The molecule has 1 aliphatic carbocycles. The van der Waals surface area contributed by atoms with E-state index in [0.717, 1.165) is 53.2 Å². The van der Waals surface area contributed by atoms with E-state index in [-0.39, 0.29) is 29.8 Å². The van der Waals surface area contributed by atoms with Crippen molar-refractivity contribution in [3.8, 4) is 17.2 Å². The molecule has 4 rings (SSSR count). The van der Waals surface area contributed by atoms with Gasteiger partial charge < -0.3 is 24.1 Å². The number of rotatable bonds is 6. The van der Waals surface area contributed by atoms with E-state index in [1.54, 1.807) is 14.2 Å². The summed E-state index contributed by atoms with van der Waals surface area (Å²) in [6.07, 6.45) is 6.27. The summed E-state index contributed by atoms with van der Waals surface area (Å²) < 4.78 is 22.8. The summed E-state index contributed by atoms with van der Waals surface area (Å²) in [4.78, 5) is 0. The average molecular weight is 439 g/mol. The molecule has 0 bridgehead atoms. The van der Waals surface area contributed by atoms with Gasteiger partial charge in [0.2, 0.25) is 0 Å². The van der Waals surface area contributed by atoms with Crippen LogP contribution in [0.25, 0.3) is 12.2 Å². The van der Waals surface area contributed by atoms with Gasteiger partial charge in [0.1, 0.15) is 11.4 Å². The Kier molecular flexibility index (Phi) is 6.24. The van der Waals surface area contributed by atoms with E-state index in [1.165, 1.54) is 0 Å². The summed E-state index contributed by atoms with van der Waals surface area (Å²) in [6, 6.07) is 12.1. The van der Waals surface area contributed by atoms with Gasteiger partial charge in [0.05, 0.1) is 13.2 Å². The van der Waals surface area contributed by atoms with Crippen LogP contribution >= 0.6 is 0 Å². The molecule has 0 spiro atoms. The van der Waals surface area contributed by atoms with E-state index in [4.69, 9.17) is 18.9 Å². The van der Waals surface area contributed by atoms with Crippen molar-refractivity contribution in [3.63, 3.8) is 0 Å². The van der Waals surface area contributed by atoms with Crippen molar-refractivity contribution in [3.05, 3.63) is 53.1 Å². The van der Waals surface area contributed by atoms with E-state index in [0.29, 0.717) is 0 Å². The SMILES string of the molecule is COCOc1cccc(C=Cc2cc3c(c(OC)c2)O[C@]2(C)CC[C@@H](O)C(C)(C)[C@H]2C3)c1. The van der Waals surface area contributed by atoms with Crippen molar-refractivity contribution in [1.29, 1.82) is 0 Å². The van der Waals surface area contributed by atoms with E-state index >= 15 is 0 Å². The van der Waals surface area contributed by atoms with Gasteiger partial charge in [-0.3, -0.25) is 0 Å². The summed E-state index contributed by atoms with van der Waals surface area (Å²) in [7, 11) is 3.29. The third-order valence-electron chi connectivity index (χ3n) is 7.21. The highest BCUT2D eigenvalue weighted by atomic mass is 16.7. The minimum atomic E-state index is -0.316. The lowest BCUT2D eigenvalue weighted by molar-refractivity contribution is -0.138.